The number of hydrogen-bond acceptors (Lipinski definition) is 6. The lowest BCUT2D eigenvalue weighted by Crippen LogP contribution is -2.37. The van der Waals surface area contributed by atoms with Gasteiger partial charge in [0.25, 0.3) is 0 Å². The van der Waals surface area contributed by atoms with Gasteiger partial charge in [-0.3, -0.25) is 5.32 Å². The molecule has 138 valence electrons. The zero-order valence-electron chi connectivity index (χ0n) is 14.6. The van der Waals surface area contributed by atoms with Gasteiger partial charge in [-0.2, -0.15) is 0 Å². The molecule has 3 N–H and O–H groups in total. The van der Waals surface area contributed by atoms with E-state index in [1.165, 1.54) is 24.5 Å². The van der Waals surface area contributed by atoms with E-state index >= 15 is 0 Å². The summed E-state index contributed by atoms with van der Waals surface area (Å²) in [6, 6.07) is 5.64. The van der Waals surface area contributed by atoms with Crippen LogP contribution in [0.25, 0.3) is 0 Å². The van der Waals surface area contributed by atoms with Crippen LogP contribution in [-0.2, 0) is 0 Å². The highest BCUT2D eigenvalue weighted by Gasteiger charge is 2.27. The minimum atomic E-state index is -0.596. The van der Waals surface area contributed by atoms with Gasteiger partial charge in [0, 0.05) is 37.0 Å². The third-order valence-electron chi connectivity index (χ3n) is 4.23. The molecule has 9 heteroatoms. The molecule has 8 nitrogen and oxygen atoms in total. The molecule has 1 saturated heterocycles. The number of urea groups is 1. The van der Waals surface area contributed by atoms with E-state index in [9.17, 15) is 9.18 Å². The van der Waals surface area contributed by atoms with Crippen LogP contribution in [0.1, 0.15) is 6.42 Å². The molecule has 2 heterocycles. The van der Waals surface area contributed by atoms with Gasteiger partial charge in [0.1, 0.15) is 12.1 Å². The van der Waals surface area contributed by atoms with Crippen molar-refractivity contribution in [2.75, 3.05) is 38.2 Å². The summed E-state index contributed by atoms with van der Waals surface area (Å²) >= 11 is 0. The largest absolute Gasteiger partial charge is 0.436 e. The summed E-state index contributed by atoms with van der Waals surface area (Å²) in [7, 11) is 3.99. The molecular weight excluding hydrogens is 339 g/mol. The average molecular weight is 360 g/mol. The van der Waals surface area contributed by atoms with Gasteiger partial charge in [0.15, 0.2) is 11.6 Å². The summed E-state index contributed by atoms with van der Waals surface area (Å²) in [6.45, 7) is 1.34. The number of ether oxygens (including phenoxy) is 1. The van der Waals surface area contributed by atoms with Crippen molar-refractivity contribution in [3.63, 3.8) is 0 Å². The number of nitrogens with two attached hydrogens (primary N) is 1. The van der Waals surface area contributed by atoms with E-state index in [0.29, 0.717) is 24.8 Å². The van der Waals surface area contributed by atoms with Crippen LogP contribution in [0.15, 0.2) is 30.6 Å². The van der Waals surface area contributed by atoms with Crippen molar-refractivity contribution in [2.45, 2.75) is 12.5 Å². The number of halogens is 1. The molecule has 1 atom stereocenters. The van der Waals surface area contributed by atoms with Crippen LogP contribution < -0.4 is 15.8 Å². The number of nitrogens with zero attached hydrogens (tertiary/aromatic N) is 4. The molecule has 1 aliphatic heterocycles. The molecule has 0 unspecified atom stereocenters. The maximum absolute atomic E-state index is 13.8. The molecule has 0 spiro atoms. The predicted octanol–water partition coefficient (Wildman–Crippen LogP) is 2.16. The molecule has 0 radical (unpaired) electrons. The van der Waals surface area contributed by atoms with Crippen molar-refractivity contribution in [1.29, 1.82) is 0 Å². The Hall–Kier alpha value is -2.94. The van der Waals surface area contributed by atoms with E-state index in [0.717, 1.165) is 12.5 Å². The zero-order valence-corrected chi connectivity index (χ0v) is 14.6. The average Bonchev–Trinajstić information content (AvgIpc) is 3.08. The summed E-state index contributed by atoms with van der Waals surface area (Å²) in [5.41, 5.74) is 5.81. The molecule has 0 bridgehead atoms. The molecular formula is C17H21FN6O2. The summed E-state index contributed by atoms with van der Waals surface area (Å²) in [5, 5.41) is 2.72. The van der Waals surface area contributed by atoms with Gasteiger partial charge in [0.2, 0.25) is 5.88 Å². The van der Waals surface area contributed by atoms with Gasteiger partial charge in [-0.25, -0.2) is 19.2 Å². The lowest BCUT2D eigenvalue weighted by Gasteiger charge is -2.20. The normalized spacial score (nSPS) is 16.8. The van der Waals surface area contributed by atoms with Gasteiger partial charge in [-0.15, -0.1) is 0 Å². The maximum Gasteiger partial charge on any atom is 0.323 e. The Morgan fingerprint density at radius 2 is 2.19 bits per heavy atom. The van der Waals surface area contributed by atoms with Crippen LogP contribution in [0.3, 0.4) is 0 Å². The van der Waals surface area contributed by atoms with Gasteiger partial charge >= 0.3 is 6.03 Å². The summed E-state index contributed by atoms with van der Waals surface area (Å²) in [6.07, 6.45) is 2.17. The molecule has 1 aromatic carbocycles. The number of anilines is 2. The monoisotopic (exact) mass is 360 g/mol. The summed E-state index contributed by atoms with van der Waals surface area (Å²) in [4.78, 5) is 24.1. The second-order valence-electron chi connectivity index (χ2n) is 6.32. The highest BCUT2D eigenvalue weighted by atomic mass is 19.1. The molecule has 0 saturated carbocycles. The van der Waals surface area contributed by atoms with Crippen LogP contribution >= 0.6 is 0 Å². The number of hydrogen-bond donors (Lipinski definition) is 2. The van der Waals surface area contributed by atoms with Crippen molar-refractivity contribution >= 4 is 17.5 Å². The SMILES string of the molecule is CN(C)[C@@H]1CCN(C(=O)Nc2cc(Oc3ccc(N)cc3F)ncn2)C1. The predicted molar refractivity (Wildman–Crippen MR) is 95.6 cm³/mol. The first-order valence-electron chi connectivity index (χ1n) is 8.19. The Morgan fingerprint density at radius 1 is 1.38 bits per heavy atom. The number of carbonyl (C=O) groups excluding carboxylic acids is 1. The Balaban J connectivity index is 1.65. The minimum Gasteiger partial charge on any atom is -0.436 e. The molecule has 1 aromatic heterocycles. The lowest BCUT2D eigenvalue weighted by molar-refractivity contribution is 0.216. The summed E-state index contributed by atoms with van der Waals surface area (Å²) in [5.74, 6) is -0.208. The third-order valence-corrected chi connectivity index (χ3v) is 4.23. The second-order valence-corrected chi connectivity index (χ2v) is 6.32. The van der Waals surface area contributed by atoms with Crippen molar-refractivity contribution in [3.05, 3.63) is 36.4 Å². The number of nitrogen functional groups attached to an aromatic ring is 1. The van der Waals surface area contributed by atoms with Crippen molar-refractivity contribution < 1.29 is 13.9 Å². The summed E-state index contributed by atoms with van der Waals surface area (Å²) < 4.78 is 19.2. The van der Waals surface area contributed by atoms with Gasteiger partial charge in [-0.05, 0) is 32.6 Å². The van der Waals surface area contributed by atoms with Crippen LogP contribution in [0.2, 0.25) is 0 Å². The number of carbonyl (C=O) groups is 1. The highest BCUT2D eigenvalue weighted by molar-refractivity contribution is 5.88. The van der Waals surface area contributed by atoms with E-state index in [4.69, 9.17) is 10.5 Å². The minimum absolute atomic E-state index is 0.0106. The maximum atomic E-state index is 13.8. The number of nitrogens with one attached hydrogen (secondary N) is 1. The Labute approximate surface area is 150 Å². The number of rotatable bonds is 4. The van der Waals surface area contributed by atoms with Crippen LogP contribution in [-0.4, -0.2) is 59.0 Å². The fourth-order valence-electron chi connectivity index (χ4n) is 2.71. The van der Waals surface area contributed by atoms with E-state index in [1.807, 2.05) is 14.1 Å². The smallest absolute Gasteiger partial charge is 0.323 e. The van der Waals surface area contributed by atoms with Crippen LogP contribution in [0.4, 0.5) is 20.7 Å². The van der Waals surface area contributed by atoms with Crippen molar-refractivity contribution in [2.24, 2.45) is 0 Å². The lowest BCUT2D eigenvalue weighted by atomic mass is 10.2. The van der Waals surface area contributed by atoms with Crippen LogP contribution in [0, 0.1) is 5.82 Å². The molecule has 26 heavy (non-hydrogen) atoms. The second kappa shape index (κ2) is 7.52. The van der Waals surface area contributed by atoms with E-state index < -0.39 is 5.82 Å². The van der Waals surface area contributed by atoms with Gasteiger partial charge in [0.05, 0.1) is 0 Å². The first-order valence-corrected chi connectivity index (χ1v) is 8.19. The van der Waals surface area contributed by atoms with E-state index in [1.54, 1.807) is 4.90 Å². The molecule has 0 aliphatic carbocycles. The molecule has 2 aromatic rings. The number of benzene rings is 1. The first-order chi connectivity index (χ1) is 12.4. The first kappa shape index (κ1) is 17.9. The Kier molecular flexibility index (Phi) is 5.17. The number of likely N-dealkylation sites (N-methyl/N-ethyl adjacent to an activating group) is 1. The van der Waals surface area contributed by atoms with E-state index in [2.05, 4.69) is 20.2 Å². The Morgan fingerprint density at radius 3 is 2.88 bits per heavy atom. The molecule has 2 amide bonds. The topological polar surface area (TPSA) is 96.6 Å². The van der Waals surface area contributed by atoms with Crippen molar-refractivity contribution in [3.8, 4) is 11.6 Å². The van der Waals surface area contributed by atoms with Gasteiger partial charge in [-0.1, -0.05) is 0 Å². The fraction of sp³-hybridized carbons (Fsp3) is 0.353. The number of aromatic nitrogens is 2. The Bertz CT molecular complexity index is 801. The third kappa shape index (κ3) is 4.17. The van der Waals surface area contributed by atoms with Crippen LogP contribution in [0.5, 0.6) is 11.6 Å². The van der Waals surface area contributed by atoms with E-state index in [-0.39, 0.29) is 23.5 Å². The number of amides is 2. The molecule has 3 rings (SSSR count). The molecule has 1 fully saturated rings. The molecule has 1 aliphatic rings. The standard InChI is InChI=1S/C17H21FN6O2/c1-23(2)12-5-6-24(9-12)17(25)22-15-8-16(21-10-20-15)26-14-4-3-11(19)7-13(14)18/h3-4,7-8,10,12H,5-6,9,19H2,1-2H3,(H,20,21,22,25)/t12-/m1/s1. The fourth-order valence-corrected chi connectivity index (χ4v) is 2.71. The zero-order chi connectivity index (χ0) is 18.7. The quantitative estimate of drug-likeness (QED) is 0.811. The highest BCUT2D eigenvalue weighted by Crippen LogP contribution is 2.25. The van der Waals surface area contributed by atoms with Gasteiger partial charge < -0.3 is 20.3 Å². The number of likely N-dealkylation sites (tertiary alicyclic amines) is 1. The van der Waals surface area contributed by atoms with Crippen molar-refractivity contribution in [1.82, 2.24) is 19.8 Å².